The third-order valence-corrected chi connectivity index (χ3v) is 6.66. The maximum Gasteiger partial charge on any atom is 0.291 e. The maximum atomic E-state index is 14.7. The highest BCUT2D eigenvalue weighted by Crippen LogP contribution is 2.31. The molecule has 0 unspecified atom stereocenters. The van der Waals surface area contributed by atoms with E-state index in [1.165, 1.54) is 23.6 Å². The molecule has 2 saturated heterocycles. The fourth-order valence-corrected chi connectivity index (χ4v) is 5.03. The molecule has 2 aliphatic rings. The Kier molecular flexibility index (Phi) is 8.72. The number of nitrogens with zero attached hydrogens (tertiary/aromatic N) is 5. The Bertz CT molecular complexity index is 1040. The first-order valence-electron chi connectivity index (χ1n) is 11.5. The second-order valence-electron chi connectivity index (χ2n) is 9.32. The van der Waals surface area contributed by atoms with E-state index in [2.05, 4.69) is 39.3 Å². The van der Waals surface area contributed by atoms with Gasteiger partial charge in [-0.25, -0.2) is 4.39 Å². The van der Waals surface area contributed by atoms with E-state index in [1.807, 2.05) is 6.07 Å². The van der Waals surface area contributed by atoms with E-state index in [4.69, 9.17) is 4.52 Å². The van der Waals surface area contributed by atoms with Gasteiger partial charge in [0.1, 0.15) is 11.3 Å². The van der Waals surface area contributed by atoms with Crippen LogP contribution in [0, 0.1) is 11.7 Å². The molecule has 5 rings (SSSR count). The molecule has 1 N–H and O–H groups in total. The van der Waals surface area contributed by atoms with Crippen molar-refractivity contribution in [1.29, 1.82) is 0 Å². The number of hydrogen-bond acceptors (Lipinski definition) is 6. The largest absolute Gasteiger partial charge is 0.337 e. The summed E-state index contributed by atoms with van der Waals surface area (Å²) in [6, 6.07) is 5.79. The van der Waals surface area contributed by atoms with E-state index in [0.717, 1.165) is 56.5 Å². The molecule has 4 heterocycles. The van der Waals surface area contributed by atoms with Crippen molar-refractivity contribution in [3.63, 3.8) is 0 Å². The number of benzene rings is 1. The van der Waals surface area contributed by atoms with Crippen LogP contribution >= 0.6 is 24.8 Å². The van der Waals surface area contributed by atoms with Gasteiger partial charge >= 0.3 is 0 Å². The summed E-state index contributed by atoms with van der Waals surface area (Å²) in [7, 11) is 0. The number of aromatic nitrogens is 4. The van der Waals surface area contributed by atoms with Gasteiger partial charge < -0.3 is 14.7 Å². The van der Waals surface area contributed by atoms with Crippen LogP contribution in [-0.4, -0.2) is 57.0 Å². The van der Waals surface area contributed by atoms with E-state index in [9.17, 15) is 4.39 Å². The van der Waals surface area contributed by atoms with Crippen LogP contribution in [0.2, 0.25) is 0 Å². The lowest BCUT2D eigenvalue weighted by atomic mass is 9.94. The smallest absolute Gasteiger partial charge is 0.291 e. The second-order valence-corrected chi connectivity index (χ2v) is 9.32. The normalized spacial score (nSPS) is 18.4. The van der Waals surface area contributed by atoms with E-state index >= 15 is 0 Å². The van der Waals surface area contributed by atoms with Gasteiger partial charge in [-0.05, 0) is 75.4 Å². The first-order chi connectivity index (χ1) is 15.1. The lowest BCUT2D eigenvalue weighted by molar-refractivity contribution is 0.120. The van der Waals surface area contributed by atoms with Gasteiger partial charge in [0.15, 0.2) is 0 Å². The number of fused-ring (bicyclic) bond motifs is 1. The molecule has 0 bridgehead atoms. The first-order valence-corrected chi connectivity index (χ1v) is 11.5. The molecule has 2 aromatic heterocycles. The minimum absolute atomic E-state index is 0. The third kappa shape index (κ3) is 5.34. The van der Waals surface area contributed by atoms with Gasteiger partial charge in [-0.2, -0.15) is 14.8 Å². The summed E-state index contributed by atoms with van der Waals surface area (Å²) in [4.78, 5) is 7.27. The number of nitrogens with one attached hydrogen (secondary N) is 1. The predicted molar refractivity (Wildman–Crippen MR) is 131 cm³/mol. The molecule has 0 aliphatic carbocycles. The topological polar surface area (TPSA) is 72.0 Å². The van der Waals surface area contributed by atoms with Gasteiger partial charge in [0.2, 0.25) is 5.89 Å². The zero-order valence-corrected chi connectivity index (χ0v) is 20.8. The van der Waals surface area contributed by atoms with Crippen LogP contribution in [0.5, 0.6) is 0 Å². The zero-order chi connectivity index (χ0) is 21.4. The lowest BCUT2D eigenvalue weighted by Crippen LogP contribution is -2.46. The van der Waals surface area contributed by atoms with Crippen molar-refractivity contribution in [2.24, 2.45) is 5.92 Å². The monoisotopic (exact) mass is 498 g/mol. The molecule has 33 heavy (non-hydrogen) atoms. The average molecular weight is 499 g/mol. The summed E-state index contributed by atoms with van der Waals surface area (Å²) < 4.78 is 21.9. The zero-order valence-electron chi connectivity index (χ0n) is 19.2. The molecule has 2 fully saturated rings. The van der Waals surface area contributed by atoms with E-state index < -0.39 is 0 Å². The molecular formula is C23H33Cl2FN6O. The van der Waals surface area contributed by atoms with Crippen LogP contribution in [0.25, 0.3) is 16.9 Å². The Hall–Kier alpha value is -1.74. The molecule has 0 spiro atoms. The lowest BCUT2D eigenvalue weighted by Gasteiger charge is -2.38. The number of hydrogen-bond donors (Lipinski definition) is 1. The highest BCUT2D eigenvalue weighted by molar-refractivity contribution is 5.85. The molecule has 10 heteroatoms. The Balaban J connectivity index is 0.00000153. The quantitative estimate of drug-likeness (QED) is 0.557. The fourth-order valence-electron chi connectivity index (χ4n) is 5.03. The third-order valence-electron chi connectivity index (χ3n) is 6.66. The van der Waals surface area contributed by atoms with E-state index in [1.54, 1.807) is 6.07 Å². The van der Waals surface area contributed by atoms with Gasteiger partial charge in [-0.3, -0.25) is 0 Å². The van der Waals surface area contributed by atoms with Crippen LogP contribution in [0.15, 0.2) is 22.7 Å². The Morgan fingerprint density at radius 1 is 1.12 bits per heavy atom. The van der Waals surface area contributed by atoms with E-state index in [-0.39, 0.29) is 36.5 Å². The van der Waals surface area contributed by atoms with Crippen molar-refractivity contribution in [3.05, 3.63) is 35.6 Å². The predicted octanol–water partition coefficient (Wildman–Crippen LogP) is 4.52. The van der Waals surface area contributed by atoms with Gasteiger partial charge in [-0.15, -0.1) is 24.8 Å². The fraction of sp³-hybridized carbons (Fsp3) is 0.609. The van der Waals surface area contributed by atoms with Gasteiger partial charge in [0.25, 0.3) is 5.95 Å². The number of piperidine rings is 2. The molecule has 182 valence electrons. The number of para-hydroxylation sites is 1. The molecule has 0 atom stereocenters. The Morgan fingerprint density at radius 2 is 1.85 bits per heavy atom. The van der Waals surface area contributed by atoms with Crippen molar-refractivity contribution in [2.45, 2.75) is 57.9 Å². The minimum Gasteiger partial charge on any atom is -0.337 e. The van der Waals surface area contributed by atoms with Gasteiger partial charge in [0.05, 0.1) is 5.69 Å². The summed E-state index contributed by atoms with van der Waals surface area (Å²) in [6.07, 6.45) is 5.25. The molecule has 1 aromatic carbocycles. The van der Waals surface area contributed by atoms with Crippen LogP contribution in [0.3, 0.4) is 0 Å². The summed E-state index contributed by atoms with van der Waals surface area (Å²) in [5.74, 6) is 1.31. The number of rotatable bonds is 5. The molecule has 0 radical (unpaired) electrons. The van der Waals surface area contributed by atoms with Crippen molar-refractivity contribution >= 4 is 35.7 Å². The van der Waals surface area contributed by atoms with Crippen molar-refractivity contribution in [3.8, 4) is 5.95 Å². The second kappa shape index (κ2) is 11.1. The van der Waals surface area contributed by atoms with Crippen molar-refractivity contribution < 1.29 is 8.91 Å². The maximum absolute atomic E-state index is 14.7. The molecular weight excluding hydrogens is 466 g/mol. The minimum atomic E-state index is -0.318. The summed E-state index contributed by atoms with van der Waals surface area (Å²) in [6.45, 7) is 8.62. The van der Waals surface area contributed by atoms with Crippen LogP contribution < -0.4 is 5.32 Å². The summed E-state index contributed by atoms with van der Waals surface area (Å²) in [5.41, 5.74) is 1.29. The van der Waals surface area contributed by atoms with Crippen LogP contribution in [0.4, 0.5) is 4.39 Å². The van der Waals surface area contributed by atoms with Crippen LogP contribution in [0.1, 0.15) is 57.0 Å². The Labute approximate surface area is 206 Å². The number of likely N-dealkylation sites (tertiary alicyclic amines) is 1. The average Bonchev–Trinajstić information content (AvgIpc) is 3.40. The van der Waals surface area contributed by atoms with Crippen molar-refractivity contribution in [1.82, 2.24) is 30.1 Å². The highest BCUT2D eigenvalue weighted by Gasteiger charge is 2.30. The standard InChI is InChI=1S/C23H31FN6O.2ClH/c1-15(2)14-20-18-4-3-5-19(24)21(18)30(27-20)23-26-22(31-28-23)16-8-12-29(13-9-16)17-6-10-25-11-7-17;;/h3-5,15-17,25H,6-14H2,1-2H3;2*1H. The van der Waals surface area contributed by atoms with Gasteiger partial charge in [-0.1, -0.05) is 26.0 Å². The summed E-state index contributed by atoms with van der Waals surface area (Å²) >= 11 is 0. The molecule has 7 nitrogen and oxygen atoms in total. The molecule has 3 aromatic rings. The number of halogens is 3. The molecule has 0 amide bonds. The SMILES string of the molecule is CC(C)Cc1nn(-c2noc(C3CCN(C4CCNCC4)CC3)n2)c2c(F)cccc12.Cl.Cl. The van der Waals surface area contributed by atoms with E-state index in [0.29, 0.717) is 29.3 Å². The molecule has 2 aliphatic heterocycles. The highest BCUT2D eigenvalue weighted by atomic mass is 35.5. The van der Waals surface area contributed by atoms with Crippen LogP contribution in [-0.2, 0) is 6.42 Å². The first kappa shape index (κ1) is 25.9. The summed E-state index contributed by atoms with van der Waals surface area (Å²) in [5, 5.41) is 13.1. The van der Waals surface area contributed by atoms with Crippen molar-refractivity contribution in [2.75, 3.05) is 26.2 Å². The molecule has 0 saturated carbocycles. The van der Waals surface area contributed by atoms with Gasteiger partial charge in [0, 0.05) is 17.3 Å². The Morgan fingerprint density at radius 3 is 2.55 bits per heavy atom.